The number of rotatable bonds is 13. The monoisotopic (exact) mass is 516 g/mol. The van der Waals surface area contributed by atoms with Gasteiger partial charge in [0.15, 0.2) is 0 Å². The highest BCUT2D eigenvalue weighted by molar-refractivity contribution is 6.99. The normalized spacial score (nSPS) is 17.5. The van der Waals surface area contributed by atoms with E-state index < -0.39 is 0 Å². The second-order valence-electron chi connectivity index (χ2n) is 9.85. The Kier molecular flexibility index (Phi) is 10.4. The molecule has 2 heterocycles. The van der Waals surface area contributed by atoms with Crippen molar-refractivity contribution in [2.75, 3.05) is 33.5 Å². The predicted molar refractivity (Wildman–Crippen MR) is 140 cm³/mol. The van der Waals surface area contributed by atoms with E-state index in [1.807, 2.05) is 6.07 Å². The van der Waals surface area contributed by atoms with Crippen molar-refractivity contribution in [3.63, 3.8) is 0 Å². The first-order valence-corrected chi connectivity index (χ1v) is 13.5. The Morgan fingerprint density at radius 2 is 1.94 bits per heavy atom. The number of esters is 2. The number of hydrogen-bond donors (Lipinski definition) is 0. The average Bonchev–Trinajstić information content (AvgIpc) is 3.32. The lowest BCUT2D eigenvalue weighted by atomic mass is 10.1. The standard InChI is InChI=1S/C27H38N3O5S/c1-5-6-7-10-16-33-26-25(28-36-29-26)22-13-11-15-30(4,18-22)19-34-24(31)17-21-12-8-9-14-23(21)35-27(32)20(2)3/h8-9,12-14,20H,5-7,10-11,15-19H2,1-4H3/q+1. The Hall–Kier alpha value is -2.78. The minimum atomic E-state index is -0.357. The van der Waals surface area contributed by atoms with E-state index in [2.05, 4.69) is 28.8 Å². The second-order valence-corrected chi connectivity index (χ2v) is 10.4. The quantitative estimate of drug-likeness (QED) is 0.160. The summed E-state index contributed by atoms with van der Waals surface area (Å²) in [6.45, 7) is 8.15. The third-order valence-electron chi connectivity index (χ3n) is 6.14. The van der Waals surface area contributed by atoms with Gasteiger partial charge in [-0.05, 0) is 12.5 Å². The molecule has 0 saturated carbocycles. The summed E-state index contributed by atoms with van der Waals surface area (Å²) in [5.74, 6) is 0.0544. The molecule has 2 aromatic rings. The number of nitrogens with zero attached hydrogens (tertiary/aromatic N) is 3. The van der Waals surface area contributed by atoms with Crippen LogP contribution in [0.15, 0.2) is 30.3 Å². The van der Waals surface area contributed by atoms with Gasteiger partial charge < -0.3 is 14.2 Å². The summed E-state index contributed by atoms with van der Waals surface area (Å²) < 4.78 is 26.5. The Morgan fingerprint density at radius 3 is 2.72 bits per heavy atom. The molecule has 1 aliphatic heterocycles. The molecule has 0 N–H and O–H groups in total. The first kappa shape index (κ1) is 27.8. The largest absolute Gasteiger partial charge is 0.475 e. The molecule has 36 heavy (non-hydrogen) atoms. The zero-order valence-corrected chi connectivity index (χ0v) is 22.6. The number of hydrogen-bond acceptors (Lipinski definition) is 8. The molecule has 0 aliphatic carbocycles. The third kappa shape index (κ3) is 8.13. The van der Waals surface area contributed by atoms with Gasteiger partial charge in [-0.15, -0.1) is 4.37 Å². The van der Waals surface area contributed by atoms with Crippen LogP contribution in [0.5, 0.6) is 11.6 Å². The molecule has 0 saturated heterocycles. The van der Waals surface area contributed by atoms with Gasteiger partial charge in [-0.1, -0.05) is 64.3 Å². The Balaban J connectivity index is 1.55. The molecule has 0 fully saturated rings. The molecular formula is C27H38N3O5S+. The van der Waals surface area contributed by atoms with Crippen LogP contribution in [0, 0.1) is 5.92 Å². The number of ether oxygens (including phenoxy) is 3. The van der Waals surface area contributed by atoms with Gasteiger partial charge in [0.05, 0.1) is 44.3 Å². The summed E-state index contributed by atoms with van der Waals surface area (Å²) in [5, 5.41) is 0. The molecule has 1 aromatic carbocycles. The zero-order valence-electron chi connectivity index (χ0n) is 21.8. The van der Waals surface area contributed by atoms with Crippen molar-refractivity contribution < 1.29 is 28.3 Å². The van der Waals surface area contributed by atoms with Crippen LogP contribution < -0.4 is 9.47 Å². The summed E-state index contributed by atoms with van der Waals surface area (Å²) in [4.78, 5) is 24.7. The molecule has 8 nitrogen and oxygen atoms in total. The van der Waals surface area contributed by atoms with Crippen LogP contribution >= 0.6 is 11.7 Å². The van der Waals surface area contributed by atoms with E-state index in [0.717, 1.165) is 48.8 Å². The fraction of sp³-hybridized carbons (Fsp3) is 0.556. The lowest BCUT2D eigenvalue weighted by molar-refractivity contribution is -0.919. The summed E-state index contributed by atoms with van der Waals surface area (Å²) >= 11 is 1.16. The van der Waals surface area contributed by atoms with Gasteiger partial charge in [-0.25, -0.2) is 0 Å². The molecule has 0 radical (unpaired) electrons. The van der Waals surface area contributed by atoms with E-state index in [1.165, 1.54) is 12.8 Å². The Morgan fingerprint density at radius 1 is 1.14 bits per heavy atom. The lowest BCUT2D eigenvalue weighted by Gasteiger charge is -2.36. The number of unbranched alkanes of at least 4 members (excludes halogenated alkanes) is 3. The molecule has 1 unspecified atom stereocenters. The van der Waals surface area contributed by atoms with E-state index in [1.54, 1.807) is 32.0 Å². The van der Waals surface area contributed by atoms with Gasteiger partial charge in [-0.2, -0.15) is 4.37 Å². The molecule has 196 valence electrons. The van der Waals surface area contributed by atoms with Crippen LogP contribution in [0.4, 0.5) is 0 Å². The smallest absolute Gasteiger partial charge is 0.314 e. The minimum Gasteiger partial charge on any atom is -0.475 e. The SMILES string of the molecule is CCCCCCOc1nsnc1C1=CCC[N+](C)(COC(=O)Cc2ccccc2OC(=O)C(C)C)C1. The minimum absolute atomic E-state index is 0.0380. The number of likely N-dealkylation sites (N-methyl/N-ethyl adjacent to an activating group) is 1. The summed E-state index contributed by atoms with van der Waals surface area (Å²) in [5.41, 5.74) is 2.50. The highest BCUT2D eigenvalue weighted by Gasteiger charge is 2.31. The first-order valence-electron chi connectivity index (χ1n) is 12.7. The highest BCUT2D eigenvalue weighted by Crippen LogP contribution is 2.30. The van der Waals surface area contributed by atoms with Crippen molar-refractivity contribution in [1.82, 2.24) is 8.75 Å². The molecule has 1 aromatic heterocycles. The number of aromatic nitrogens is 2. The number of quaternary nitrogens is 1. The van der Waals surface area contributed by atoms with Crippen LogP contribution in [0.1, 0.15) is 64.1 Å². The number of carbonyl (C=O) groups is 2. The van der Waals surface area contributed by atoms with E-state index in [-0.39, 0.29) is 31.0 Å². The van der Waals surface area contributed by atoms with Crippen molar-refractivity contribution in [2.24, 2.45) is 5.92 Å². The van der Waals surface area contributed by atoms with Crippen molar-refractivity contribution in [3.8, 4) is 11.6 Å². The molecule has 0 spiro atoms. The first-order chi connectivity index (χ1) is 17.3. The van der Waals surface area contributed by atoms with E-state index in [0.29, 0.717) is 34.8 Å². The van der Waals surface area contributed by atoms with Crippen molar-refractivity contribution in [2.45, 2.75) is 59.3 Å². The fourth-order valence-electron chi connectivity index (χ4n) is 3.97. The maximum absolute atomic E-state index is 12.7. The summed E-state index contributed by atoms with van der Waals surface area (Å²) in [6.07, 6.45) is 7.63. The maximum atomic E-state index is 12.7. The van der Waals surface area contributed by atoms with Gasteiger partial charge in [0, 0.05) is 17.6 Å². The van der Waals surface area contributed by atoms with Crippen molar-refractivity contribution >= 4 is 29.2 Å². The van der Waals surface area contributed by atoms with Crippen LogP contribution in [0.25, 0.3) is 5.57 Å². The van der Waals surface area contributed by atoms with E-state index in [9.17, 15) is 9.59 Å². The van der Waals surface area contributed by atoms with E-state index >= 15 is 0 Å². The topological polar surface area (TPSA) is 87.6 Å². The Bertz CT molecular complexity index is 1050. The van der Waals surface area contributed by atoms with Crippen molar-refractivity contribution in [1.29, 1.82) is 0 Å². The fourth-order valence-corrected chi connectivity index (χ4v) is 4.50. The van der Waals surface area contributed by atoms with Gasteiger partial charge >= 0.3 is 11.9 Å². The molecule has 0 bridgehead atoms. The van der Waals surface area contributed by atoms with Gasteiger partial charge in [0.1, 0.15) is 18.0 Å². The van der Waals surface area contributed by atoms with Crippen LogP contribution in [0.2, 0.25) is 0 Å². The van der Waals surface area contributed by atoms with Crippen LogP contribution in [-0.2, 0) is 20.7 Å². The van der Waals surface area contributed by atoms with Crippen LogP contribution in [0.3, 0.4) is 0 Å². The predicted octanol–water partition coefficient (Wildman–Crippen LogP) is 5.04. The Labute approximate surface area is 218 Å². The second kappa shape index (κ2) is 13.5. The highest BCUT2D eigenvalue weighted by atomic mass is 32.1. The van der Waals surface area contributed by atoms with E-state index in [4.69, 9.17) is 14.2 Å². The molecule has 1 atom stereocenters. The number of carbonyl (C=O) groups excluding carboxylic acids is 2. The zero-order chi connectivity index (χ0) is 26.0. The van der Waals surface area contributed by atoms with Gasteiger partial charge in [0.25, 0.3) is 5.88 Å². The molecule has 3 rings (SSSR count). The number of benzene rings is 1. The molecular weight excluding hydrogens is 478 g/mol. The van der Waals surface area contributed by atoms with Gasteiger partial charge in [-0.3, -0.25) is 14.1 Å². The summed E-state index contributed by atoms with van der Waals surface area (Å²) in [7, 11) is 2.07. The maximum Gasteiger partial charge on any atom is 0.314 e. The van der Waals surface area contributed by atoms with Crippen molar-refractivity contribution in [3.05, 3.63) is 41.6 Å². The summed E-state index contributed by atoms with van der Waals surface area (Å²) in [6, 6.07) is 7.07. The van der Waals surface area contributed by atoms with Crippen LogP contribution in [-0.4, -0.2) is 58.6 Å². The third-order valence-corrected chi connectivity index (χ3v) is 6.65. The average molecular weight is 517 g/mol. The lowest BCUT2D eigenvalue weighted by Crippen LogP contribution is -2.49. The molecule has 0 amide bonds. The molecule has 1 aliphatic rings. The van der Waals surface area contributed by atoms with Gasteiger partial charge in [0.2, 0.25) is 6.73 Å². The molecule has 9 heteroatoms. The number of para-hydroxylation sites is 1.